The number of esters is 1. The summed E-state index contributed by atoms with van der Waals surface area (Å²) in [5.74, 6) is -0.237. The van der Waals surface area contributed by atoms with Crippen molar-refractivity contribution in [3.63, 3.8) is 0 Å². The number of carbonyl (C=O) groups excluding carboxylic acids is 1. The molecule has 0 aliphatic rings. The number of hydrogen-bond acceptors (Lipinski definition) is 5. The van der Waals surface area contributed by atoms with Crippen LogP contribution in [0.5, 0.6) is 5.75 Å². The van der Waals surface area contributed by atoms with Gasteiger partial charge in [-0.3, -0.25) is 0 Å². The fourth-order valence-corrected chi connectivity index (χ4v) is 2.32. The van der Waals surface area contributed by atoms with Gasteiger partial charge in [-0.05, 0) is 31.0 Å². The van der Waals surface area contributed by atoms with Crippen molar-refractivity contribution in [2.24, 2.45) is 0 Å². The Kier molecular flexibility index (Phi) is 5.73. The Hall–Kier alpha value is -2.37. The Labute approximate surface area is 135 Å². The molecule has 2 rings (SSSR count). The fourth-order valence-electron chi connectivity index (χ4n) is 2.32. The quantitative estimate of drug-likeness (QED) is 0.503. The first-order chi connectivity index (χ1) is 11.1. The largest absolute Gasteiger partial charge is 0.459 e. The highest BCUT2D eigenvalue weighted by Gasteiger charge is 2.22. The molecule has 0 saturated carbocycles. The van der Waals surface area contributed by atoms with Crippen molar-refractivity contribution < 1.29 is 24.4 Å². The van der Waals surface area contributed by atoms with Crippen molar-refractivity contribution in [2.45, 2.75) is 26.6 Å². The average molecular weight is 316 g/mol. The Bertz CT molecular complexity index is 679. The van der Waals surface area contributed by atoms with Crippen LogP contribution in [0.25, 0.3) is 11.1 Å². The SMILES string of the molecule is COOc1cccc(-c2ccccc2CO)c1C(=O)OC(C)C. The highest BCUT2D eigenvalue weighted by molar-refractivity contribution is 6.00. The van der Waals surface area contributed by atoms with E-state index in [2.05, 4.69) is 0 Å². The van der Waals surface area contributed by atoms with Crippen molar-refractivity contribution >= 4 is 5.97 Å². The number of hydrogen-bond donors (Lipinski definition) is 1. The summed E-state index contributed by atoms with van der Waals surface area (Å²) < 4.78 is 5.32. The van der Waals surface area contributed by atoms with Crippen LogP contribution in [0.4, 0.5) is 0 Å². The first kappa shape index (κ1) is 17.0. The van der Waals surface area contributed by atoms with Crippen molar-refractivity contribution in [3.05, 3.63) is 53.6 Å². The van der Waals surface area contributed by atoms with Crippen molar-refractivity contribution in [3.8, 4) is 16.9 Å². The van der Waals surface area contributed by atoms with E-state index in [9.17, 15) is 9.90 Å². The molecule has 2 aromatic carbocycles. The van der Waals surface area contributed by atoms with Crippen LogP contribution in [0.2, 0.25) is 0 Å². The zero-order chi connectivity index (χ0) is 16.8. The zero-order valence-corrected chi connectivity index (χ0v) is 13.4. The van der Waals surface area contributed by atoms with Gasteiger partial charge in [-0.1, -0.05) is 36.4 Å². The first-order valence-electron chi connectivity index (χ1n) is 7.32. The van der Waals surface area contributed by atoms with Gasteiger partial charge in [-0.25, -0.2) is 4.79 Å². The Balaban J connectivity index is 2.63. The second kappa shape index (κ2) is 7.76. The molecule has 5 heteroatoms. The van der Waals surface area contributed by atoms with E-state index in [4.69, 9.17) is 14.5 Å². The van der Waals surface area contributed by atoms with E-state index in [1.807, 2.05) is 18.2 Å². The van der Waals surface area contributed by atoms with Gasteiger partial charge >= 0.3 is 5.97 Å². The number of aliphatic hydroxyl groups excluding tert-OH is 1. The number of aliphatic hydroxyl groups is 1. The molecule has 0 bridgehead atoms. The van der Waals surface area contributed by atoms with E-state index in [-0.39, 0.29) is 24.0 Å². The van der Waals surface area contributed by atoms with Crippen molar-refractivity contribution in [1.82, 2.24) is 0 Å². The molecule has 0 aliphatic heterocycles. The average Bonchev–Trinajstić information content (AvgIpc) is 2.54. The van der Waals surface area contributed by atoms with E-state index in [1.165, 1.54) is 7.11 Å². The second-order valence-electron chi connectivity index (χ2n) is 5.20. The summed E-state index contributed by atoms with van der Waals surface area (Å²) in [6.45, 7) is 3.42. The first-order valence-corrected chi connectivity index (χ1v) is 7.32. The maximum absolute atomic E-state index is 12.5. The molecule has 0 aromatic heterocycles. The van der Waals surface area contributed by atoms with Gasteiger partial charge in [0.15, 0.2) is 5.75 Å². The summed E-state index contributed by atoms with van der Waals surface area (Å²) in [6.07, 6.45) is -0.265. The Morgan fingerprint density at radius 1 is 1.09 bits per heavy atom. The molecule has 0 spiro atoms. The van der Waals surface area contributed by atoms with Gasteiger partial charge in [-0.2, -0.15) is 4.89 Å². The number of benzene rings is 2. The molecule has 23 heavy (non-hydrogen) atoms. The topological polar surface area (TPSA) is 65.0 Å². The predicted octanol–water partition coefficient (Wildman–Crippen LogP) is 3.35. The van der Waals surface area contributed by atoms with E-state index >= 15 is 0 Å². The lowest BCUT2D eigenvalue weighted by molar-refractivity contribution is -0.178. The molecular formula is C18H20O5. The zero-order valence-electron chi connectivity index (χ0n) is 13.4. The lowest BCUT2D eigenvalue weighted by atomic mass is 9.95. The van der Waals surface area contributed by atoms with Gasteiger partial charge in [-0.15, -0.1) is 0 Å². The van der Waals surface area contributed by atoms with E-state index in [1.54, 1.807) is 38.1 Å². The minimum atomic E-state index is -0.504. The molecule has 1 N–H and O–H groups in total. The standard InChI is InChI=1S/C18H20O5/c1-12(2)22-18(20)17-15(9-6-10-16(17)23-21-3)14-8-5-4-7-13(14)11-19/h4-10,12,19H,11H2,1-3H3. The molecule has 0 fully saturated rings. The maximum Gasteiger partial charge on any atom is 0.342 e. The predicted molar refractivity (Wildman–Crippen MR) is 86.0 cm³/mol. The smallest absolute Gasteiger partial charge is 0.342 e. The highest BCUT2D eigenvalue weighted by atomic mass is 17.2. The summed E-state index contributed by atoms with van der Waals surface area (Å²) in [4.78, 5) is 22.4. The van der Waals surface area contributed by atoms with Crippen molar-refractivity contribution in [1.29, 1.82) is 0 Å². The molecule has 0 saturated heterocycles. The summed E-state index contributed by atoms with van der Waals surface area (Å²) in [6, 6.07) is 12.5. The third-order valence-corrected chi connectivity index (χ3v) is 3.22. The highest BCUT2D eigenvalue weighted by Crippen LogP contribution is 2.34. The Morgan fingerprint density at radius 3 is 2.43 bits per heavy atom. The van der Waals surface area contributed by atoms with Crippen LogP contribution >= 0.6 is 0 Å². The summed E-state index contributed by atoms with van der Waals surface area (Å²) in [7, 11) is 1.37. The fraction of sp³-hybridized carbons (Fsp3) is 0.278. The third-order valence-electron chi connectivity index (χ3n) is 3.22. The number of carbonyl (C=O) groups is 1. The molecule has 0 aliphatic carbocycles. The Morgan fingerprint density at radius 2 is 1.78 bits per heavy atom. The van der Waals surface area contributed by atoms with Gasteiger partial charge in [0.05, 0.1) is 19.8 Å². The van der Waals surface area contributed by atoms with Crippen LogP contribution in [0.1, 0.15) is 29.8 Å². The summed E-state index contributed by atoms with van der Waals surface area (Å²) in [5.41, 5.74) is 2.34. The molecule has 0 amide bonds. The van der Waals surface area contributed by atoms with Gasteiger partial charge in [0.1, 0.15) is 5.56 Å². The van der Waals surface area contributed by atoms with Crippen molar-refractivity contribution in [2.75, 3.05) is 7.11 Å². The van der Waals surface area contributed by atoms with Crippen LogP contribution in [0.15, 0.2) is 42.5 Å². The molecular weight excluding hydrogens is 296 g/mol. The molecule has 0 heterocycles. The minimum absolute atomic E-state index is 0.135. The number of ether oxygens (including phenoxy) is 1. The maximum atomic E-state index is 12.5. The molecule has 0 unspecified atom stereocenters. The van der Waals surface area contributed by atoms with E-state index < -0.39 is 5.97 Å². The molecule has 5 nitrogen and oxygen atoms in total. The van der Waals surface area contributed by atoms with E-state index in [0.29, 0.717) is 11.1 Å². The van der Waals surface area contributed by atoms with Crippen LogP contribution in [0.3, 0.4) is 0 Å². The van der Waals surface area contributed by atoms with Crippen LogP contribution < -0.4 is 4.89 Å². The van der Waals surface area contributed by atoms with Crippen LogP contribution in [0, 0.1) is 0 Å². The summed E-state index contributed by atoms with van der Waals surface area (Å²) in [5, 5.41) is 9.56. The van der Waals surface area contributed by atoms with Crippen LogP contribution in [-0.2, 0) is 16.2 Å². The lowest BCUT2D eigenvalue weighted by Crippen LogP contribution is -2.14. The monoisotopic (exact) mass is 316 g/mol. The minimum Gasteiger partial charge on any atom is -0.459 e. The molecule has 0 radical (unpaired) electrons. The van der Waals surface area contributed by atoms with Gasteiger partial charge in [0.25, 0.3) is 0 Å². The van der Waals surface area contributed by atoms with E-state index in [0.717, 1.165) is 5.56 Å². The second-order valence-corrected chi connectivity index (χ2v) is 5.20. The van der Waals surface area contributed by atoms with Gasteiger partial charge < -0.3 is 14.7 Å². The van der Waals surface area contributed by atoms with Crippen LogP contribution in [-0.4, -0.2) is 24.3 Å². The molecule has 2 aromatic rings. The van der Waals surface area contributed by atoms with Gasteiger partial charge in [0, 0.05) is 5.56 Å². The number of rotatable bonds is 6. The third kappa shape index (κ3) is 3.88. The normalized spacial score (nSPS) is 10.7. The van der Waals surface area contributed by atoms with Gasteiger partial charge in [0.2, 0.25) is 0 Å². The molecule has 0 atom stereocenters. The molecule has 122 valence electrons. The lowest BCUT2D eigenvalue weighted by Gasteiger charge is -2.16. The summed E-state index contributed by atoms with van der Waals surface area (Å²) >= 11 is 0.